The summed E-state index contributed by atoms with van der Waals surface area (Å²) in [4.78, 5) is 27.0. The fourth-order valence-electron chi connectivity index (χ4n) is 2.81. The molecule has 0 saturated carbocycles. The third-order valence-corrected chi connectivity index (χ3v) is 6.64. The molecule has 1 N–H and O–H groups in total. The van der Waals surface area contributed by atoms with Gasteiger partial charge in [-0.05, 0) is 57.5 Å². The predicted octanol–water partition coefficient (Wildman–Crippen LogP) is 6.14. The van der Waals surface area contributed by atoms with E-state index in [1.807, 2.05) is 44.2 Å². The number of amides is 1. The molecule has 0 aliphatic rings. The van der Waals surface area contributed by atoms with Gasteiger partial charge in [-0.2, -0.15) is 5.26 Å². The zero-order valence-electron chi connectivity index (χ0n) is 18.1. The molecule has 0 radical (unpaired) electrons. The molecule has 1 amide bonds. The van der Waals surface area contributed by atoms with Gasteiger partial charge in [0.2, 0.25) is 0 Å². The van der Waals surface area contributed by atoms with E-state index in [-0.39, 0.29) is 12.2 Å². The maximum atomic E-state index is 12.7. The highest BCUT2D eigenvalue weighted by atomic mass is 32.2. The first kappa shape index (κ1) is 23.4. The van der Waals surface area contributed by atoms with Crippen molar-refractivity contribution in [2.45, 2.75) is 37.7 Å². The number of furan rings is 1. The molecule has 2 aromatic heterocycles. The molecule has 0 aliphatic heterocycles. The van der Waals surface area contributed by atoms with Crippen LogP contribution >= 0.6 is 23.1 Å². The van der Waals surface area contributed by atoms with Gasteiger partial charge in [-0.15, -0.1) is 11.3 Å². The Balaban J connectivity index is 1.78. The molecule has 32 heavy (non-hydrogen) atoms. The zero-order valence-corrected chi connectivity index (χ0v) is 19.8. The predicted molar refractivity (Wildman–Crippen MR) is 126 cm³/mol. The van der Waals surface area contributed by atoms with E-state index in [2.05, 4.69) is 5.32 Å². The van der Waals surface area contributed by atoms with E-state index in [1.165, 1.54) is 34.7 Å². The molecule has 6 nitrogen and oxygen atoms in total. The minimum absolute atomic E-state index is 0.134. The average molecular weight is 467 g/mol. The molecule has 0 saturated heterocycles. The highest BCUT2D eigenvalue weighted by molar-refractivity contribution is 7.99. The van der Waals surface area contributed by atoms with E-state index in [0.29, 0.717) is 21.4 Å². The van der Waals surface area contributed by atoms with Crippen LogP contribution in [0.2, 0.25) is 0 Å². The van der Waals surface area contributed by atoms with E-state index in [0.717, 1.165) is 15.3 Å². The summed E-state index contributed by atoms with van der Waals surface area (Å²) in [7, 11) is 0. The minimum Gasteiger partial charge on any atom is -0.462 e. The van der Waals surface area contributed by atoms with Gasteiger partial charge in [0.15, 0.2) is 5.09 Å². The van der Waals surface area contributed by atoms with Crippen molar-refractivity contribution >= 4 is 46.1 Å². The topological polar surface area (TPSA) is 92.3 Å². The maximum absolute atomic E-state index is 12.7. The van der Waals surface area contributed by atoms with Crippen molar-refractivity contribution in [2.24, 2.45) is 0 Å². The van der Waals surface area contributed by atoms with Crippen molar-refractivity contribution in [3.63, 3.8) is 0 Å². The van der Waals surface area contributed by atoms with Crippen molar-refractivity contribution in [3.8, 4) is 6.07 Å². The lowest BCUT2D eigenvalue weighted by atomic mass is 10.1. The van der Waals surface area contributed by atoms with Crippen LogP contribution < -0.4 is 5.32 Å². The molecule has 8 heteroatoms. The van der Waals surface area contributed by atoms with Crippen LogP contribution in [0.25, 0.3) is 6.08 Å². The number of hydrogen-bond acceptors (Lipinski definition) is 7. The normalized spacial score (nSPS) is 11.2. The van der Waals surface area contributed by atoms with Crippen molar-refractivity contribution < 1.29 is 18.7 Å². The molecule has 0 unspecified atom stereocenters. The van der Waals surface area contributed by atoms with Crippen LogP contribution in [0.1, 0.15) is 39.0 Å². The van der Waals surface area contributed by atoms with Crippen molar-refractivity contribution in [3.05, 3.63) is 69.3 Å². The Hall–Kier alpha value is -3.28. The van der Waals surface area contributed by atoms with Gasteiger partial charge < -0.3 is 14.5 Å². The van der Waals surface area contributed by atoms with Crippen LogP contribution in [0.3, 0.4) is 0 Å². The van der Waals surface area contributed by atoms with Gasteiger partial charge in [0.1, 0.15) is 22.4 Å². The number of hydrogen-bond donors (Lipinski definition) is 1. The van der Waals surface area contributed by atoms with Gasteiger partial charge in [-0.25, -0.2) is 4.79 Å². The lowest BCUT2D eigenvalue weighted by Gasteiger charge is -2.06. The SMILES string of the molecule is CCOC(=O)c1c(NC(=O)/C(C#N)=C/c2ccc(Sc3ccc(C)cc3)o2)sc(C)c1C. The van der Waals surface area contributed by atoms with E-state index in [4.69, 9.17) is 9.15 Å². The molecule has 0 aliphatic carbocycles. The first-order chi connectivity index (χ1) is 15.3. The number of carbonyl (C=O) groups is 2. The highest BCUT2D eigenvalue weighted by Crippen LogP contribution is 2.34. The molecule has 0 atom stereocenters. The number of nitrogens with zero attached hydrogens (tertiary/aromatic N) is 1. The third-order valence-electron chi connectivity index (χ3n) is 4.59. The molecule has 0 spiro atoms. The fraction of sp³-hybridized carbons (Fsp3) is 0.208. The first-order valence-electron chi connectivity index (χ1n) is 9.87. The average Bonchev–Trinajstić information content (AvgIpc) is 3.31. The van der Waals surface area contributed by atoms with Crippen LogP contribution in [-0.2, 0) is 9.53 Å². The van der Waals surface area contributed by atoms with Gasteiger partial charge in [0.05, 0.1) is 12.2 Å². The number of anilines is 1. The fourth-order valence-corrected chi connectivity index (χ4v) is 4.64. The highest BCUT2D eigenvalue weighted by Gasteiger charge is 2.23. The molecule has 1 aromatic carbocycles. The molecule has 0 bridgehead atoms. The van der Waals surface area contributed by atoms with Crippen molar-refractivity contribution in [1.82, 2.24) is 0 Å². The number of aryl methyl sites for hydroxylation is 2. The van der Waals surface area contributed by atoms with Crippen molar-refractivity contribution in [2.75, 3.05) is 11.9 Å². The first-order valence-corrected chi connectivity index (χ1v) is 11.5. The Labute approximate surface area is 194 Å². The van der Waals surface area contributed by atoms with Crippen LogP contribution in [0.5, 0.6) is 0 Å². The second-order valence-electron chi connectivity index (χ2n) is 6.90. The Morgan fingerprint density at radius 3 is 2.56 bits per heavy atom. The Kier molecular flexibility index (Phi) is 7.57. The van der Waals surface area contributed by atoms with Crippen LogP contribution in [-0.4, -0.2) is 18.5 Å². The van der Waals surface area contributed by atoms with E-state index >= 15 is 0 Å². The van der Waals surface area contributed by atoms with E-state index in [9.17, 15) is 14.9 Å². The number of benzene rings is 1. The van der Waals surface area contributed by atoms with Crippen LogP contribution in [0.4, 0.5) is 5.00 Å². The lowest BCUT2D eigenvalue weighted by molar-refractivity contribution is -0.112. The summed E-state index contributed by atoms with van der Waals surface area (Å²) in [5, 5.41) is 13.2. The van der Waals surface area contributed by atoms with E-state index in [1.54, 1.807) is 26.0 Å². The summed E-state index contributed by atoms with van der Waals surface area (Å²) in [6.45, 7) is 7.62. The second kappa shape index (κ2) is 10.4. The number of rotatable bonds is 7. The summed E-state index contributed by atoms with van der Waals surface area (Å²) >= 11 is 2.72. The number of thiophene rings is 1. The Morgan fingerprint density at radius 1 is 1.19 bits per heavy atom. The molecule has 164 valence electrons. The monoisotopic (exact) mass is 466 g/mol. The number of esters is 1. The molecule has 2 heterocycles. The quantitative estimate of drug-likeness (QED) is 0.255. The van der Waals surface area contributed by atoms with Gasteiger partial charge in [-0.1, -0.05) is 29.5 Å². The van der Waals surface area contributed by atoms with Gasteiger partial charge >= 0.3 is 5.97 Å². The Bertz CT molecular complexity index is 1210. The van der Waals surface area contributed by atoms with Crippen LogP contribution in [0, 0.1) is 32.1 Å². The van der Waals surface area contributed by atoms with Crippen LogP contribution in [0.15, 0.2) is 56.4 Å². The zero-order chi connectivity index (χ0) is 23.3. The van der Waals surface area contributed by atoms with E-state index < -0.39 is 11.9 Å². The van der Waals surface area contributed by atoms with Gasteiger partial charge in [0.25, 0.3) is 5.91 Å². The summed E-state index contributed by atoms with van der Waals surface area (Å²) in [5.41, 5.74) is 2.10. The van der Waals surface area contributed by atoms with Gasteiger partial charge in [0, 0.05) is 15.8 Å². The molecule has 3 rings (SSSR count). The molecular formula is C24H22N2O4S2. The summed E-state index contributed by atoms with van der Waals surface area (Å²) in [5.74, 6) is -0.741. The van der Waals surface area contributed by atoms with Gasteiger partial charge in [-0.3, -0.25) is 4.79 Å². The molecule has 3 aromatic rings. The number of ether oxygens (including phenoxy) is 1. The Morgan fingerprint density at radius 2 is 1.91 bits per heavy atom. The third kappa shape index (κ3) is 5.49. The smallest absolute Gasteiger partial charge is 0.341 e. The molecular weight excluding hydrogens is 444 g/mol. The summed E-state index contributed by atoms with van der Waals surface area (Å²) in [6.07, 6.45) is 1.38. The van der Waals surface area contributed by atoms with Crippen molar-refractivity contribution in [1.29, 1.82) is 5.26 Å². The number of nitriles is 1. The summed E-state index contributed by atoms with van der Waals surface area (Å²) in [6, 6.07) is 13.4. The molecule has 0 fully saturated rings. The standard InChI is InChI=1S/C24H22N2O4S2/c1-5-29-24(28)21-15(3)16(4)31-23(21)26-22(27)17(13-25)12-18-8-11-20(30-18)32-19-9-6-14(2)7-10-19/h6-12H,5H2,1-4H3,(H,26,27)/b17-12+. The largest absolute Gasteiger partial charge is 0.462 e. The maximum Gasteiger partial charge on any atom is 0.341 e. The minimum atomic E-state index is -0.622. The lowest BCUT2D eigenvalue weighted by Crippen LogP contribution is -2.16. The number of carbonyl (C=O) groups excluding carboxylic acids is 2. The number of nitrogens with one attached hydrogen (secondary N) is 1. The second-order valence-corrected chi connectivity index (χ2v) is 9.21. The summed E-state index contributed by atoms with van der Waals surface area (Å²) < 4.78 is 10.9.